The second-order valence-corrected chi connectivity index (χ2v) is 7.07. The summed E-state index contributed by atoms with van der Waals surface area (Å²) < 4.78 is 6.52. The maximum absolute atomic E-state index is 12.4. The van der Waals surface area contributed by atoms with Crippen molar-refractivity contribution in [2.45, 2.75) is 52.7 Å². The normalized spacial score (nSPS) is 13.1. The third-order valence-corrected chi connectivity index (χ3v) is 5.18. The van der Waals surface area contributed by atoms with Crippen molar-refractivity contribution in [3.63, 3.8) is 0 Å². The van der Waals surface area contributed by atoms with Crippen molar-refractivity contribution in [1.82, 2.24) is 4.57 Å². The maximum atomic E-state index is 12.4. The number of thiazole rings is 1. The largest absolute Gasteiger partial charge is 0.451 e. The summed E-state index contributed by atoms with van der Waals surface area (Å²) in [5, 5.41) is 4.51. The number of nitrogens with zero attached hydrogens (tertiary/aromatic N) is 1. The quantitative estimate of drug-likeness (QED) is 0.752. The summed E-state index contributed by atoms with van der Waals surface area (Å²) in [7, 11) is 0. The fourth-order valence-electron chi connectivity index (χ4n) is 2.51. The summed E-state index contributed by atoms with van der Waals surface area (Å²) in [5.74, 6) is -0.715. The minimum Gasteiger partial charge on any atom is -0.451 e. The number of esters is 1. The number of hydrogen-bond acceptors (Lipinski definition) is 5. The third-order valence-electron chi connectivity index (χ3n) is 4.30. The van der Waals surface area contributed by atoms with Crippen molar-refractivity contribution in [3.8, 4) is 0 Å². The van der Waals surface area contributed by atoms with Gasteiger partial charge in [0.1, 0.15) is 6.54 Å². The number of nitrogens with one attached hydrogen (secondary N) is 1. The molecular weight excluding hydrogens is 352 g/mol. The molecule has 0 bridgehead atoms. The zero-order chi connectivity index (χ0) is 19.3. The van der Waals surface area contributed by atoms with Crippen LogP contribution >= 0.6 is 11.3 Å². The number of hydrogen-bond donors (Lipinski definition) is 1. The predicted octanol–water partition coefficient (Wildman–Crippen LogP) is 3.30. The number of benzene rings is 1. The molecule has 2 rings (SSSR count). The first-order chi connectivity index (χ1) is 12.3. The Bertz CT molecular complexity index is 840. The molecule has 1 aromatic carbocycles. The number of anilines is 1. The van der Waals surface area contributed by atoms with Gasteiger partial charge in [0.25, 0.3) is 5.91 Å². The van der Waals surface area contributed by atoms with E-state index in [1.165, 1.54) is 11.5 Å². The zero-order valence-electron chi connectivity index (χ0n) is 15.4. The highest BCUT2D eigenvalue weighted by atomic mass is 32.1. The fourth-order valence-corrected chi connectivity index (χ4v) is 3.24. The molecular formula is C19H24N2O4S. The molecule has 6 nitrogen and oxygen atoms in total. The summed E-state index contributed by atoms with van der Waals surface area (Å²) in [4.78, 5) is 35.9. The van der Waals surface area contributed by atoms with Crippen molar-refractivity contribution < 1.29 is 14.3 Å². The van der Waals surface area contributed by atoms with Crippen LogP contribution in [-0.4, -0.2) is 22.5 Å². The summed E-state index contributed by atoms with van der Waals surface area (Å²) in [6.07, 6.45) is -0.00580. The molecule has 0 unspecified atom stereocenters. The highest BCUT2D eigenvalue weighted by molar-refractivity contribution is 7.07. The number of carbonyl (C=O) groups excluding carboxylic acids is 2. The Labute approximate surface area is 156 Å². The SMILES string of the molecule is CC[C@@H](C)c1ccccc1NC(=O)[C@@H](C)OC(=O)Cn1c(C)csc1=O. The molecule has 0 aliphatic carbocycles. The first-order valence-corrected chi connectivity index (χ1v) is 9.45. The molecule has 0 spiro atoms. The lowest BCUT2D eigenvalue weighted by atomic mass is 9.97. The van der Waals surface area contributed by atoms with E-state index in [0.717, 1.165) is 29.0 Å². The highest BCUT2D eigenvalue weighted by Crippen LogP contribution is 2.26. The van der Waals surface area contributed by atoms with Crippen molar-refractivity contribution in [2.24, 2.45) is 0 Å². The molecule has 2 aromatic rings. The van der Waals surface area contributed by atoms with Crippen LogP contribution in [0.25, 0.3) is 0 Å². The van der Waals surface area contributed by atoms with Crippen LogP contribution in [0.5, 0.6) is 0 Å². The lowest BCUT2D eigenvalue weighted by Gasteiger charge is -2.18. The minimum atomic E-state index is -0.956. The number of ether oxygens (including phenoxy) is 1. The smallest absolute Gasteiger partial charge is 0.326 e. The Morgan fingerprint density at radius 2 is 1.96 bits per heavy atom. The van der Waals surface area contributed by atoms with Crippen LogP contribution in [0.1, 0.15) is 44.4 Å². The molecule has 2 atom stereocenters. The molecule has 1 heterocycles. The predicted molar refractivity (Wildman–Crippen MR) is 103 cm³/mol. The number of carbonyl (C=O) groups is 2. The van der Waals surface area contributed by atoms with Gasteiger partial charge in [-0.05, 0) is 37.8 Å². The van der Waals surface area contributed by atoms with Gasteiger partial charge in [-0.1, -0.05) is 43.4 Å². The maximum Gasteiger partial charge on any atom is 0.326 e. The van der Waals surface area contributed by atoms with Gasteiger partial charge in [-0.2, -0.15) is 0 Å². The average molecular weight is 376 g/mol. The highest BCUT2D eigenvalue weighted by Gasteiger charge is 2.20. The second-order valence-electron chi connectivity index (χ2n) is 6.25. The monoisotopic (exact) mass is 376 g/mol. The van der Waals surface area contributed by atoms with Crippen LogP contribution in [0.3, 0.4) is 0 Å². The Balaban J connectivity index is 2.00. The molecule has 0 fully saturated rings. The van der Waals surface area contributed by atoms with Crippen molar-refractivity contribution in [1.29, 1.82) is 0 Å². The van der Waals surface area contributed by atoms with E-state index in [1.54, 1.807) is 12.3 Å². The Morgan fingerprint density at radius 1 is 1.27 bits per heavy atom. The number of aryl methyl sites for hydroxylation is 1. The lowest BCUT2D eigenvalue weighted by molar-refractivity contribution is -0.153. The molecule has 0 aliphatic rings. The van der Waals surface area contributed by atoms with Crippen molar-refractivity contribution >= 4 is 28.9 Å². The summed E-state index contributed by atoms with van der Waals surface area (Å²) in [5.41, 5.74) is 2.46. The Morgan fingerprint density at radius 3 is 2.58 bits per heavy atom. The molecule has 1 N–H and O–H groups in total. The molecule has 1 aromatic heterocycles. The second kappa shape index (κ2) is 8.80. The average Bonchev–Trinajstić information content (AvgIpc) is 2.93. The van der Waals surface area contributed by atoms with Crippen molar-refractivity contribution in [3.05, 3.63) is 50.6 Å². The first-order valence-electron chi connectivity index (χ1n) is 8.57. The lowest BCUT2D eigenvalue weighted by Crippen LogP contribution is -2.32. The van der Waals surface area contributed by atoms with Gasteiger partial charge in [-0.15, -0.1) is 0 Å². The Hall–Kier alpha value is -2.41. The minimum absolute atomic E-state index is 0.199. The van der Waals surface area contributed by atoms with E-state index in [2.05, 4.69) is 19.2 Å². The van der Waals surface area contributed by atoms with Crippen LogP contribution in [-0.2, 0) is 20.9 Å². The number of para-hydroxylation sites is 1. The van der Waals surface area contributed by atoms with Gasteiger partial charge in [0.05, 0.1) is 0 Å². The summed E-state index contributed by atoms with van der Waals surface area (Å²) in [6.45, 7) is 7.24. The van der Waals surface area contributed by atoms with E-state index >= 15 is 0 Å². The molecule has 1 amide bonds. The molecule has 0 aliphatic heterocycles. The van der Waals surface area contributed by atoms with Crippen LogP contribution in [0.15, 0.2) is 34.4 Å². The van der Waals surface area contributed by atoms with Gasteiger partial charge in [0.15, 0.2) is 6.10 Å². The van der Waals surface area contributed by atoms with Gasteiger partial charge >= 0.3 is 10.8 Å². The van der Waals surface area contributed by atoms with Gasteiger partial charge in [-0.25, -0.2) is 0 Å². The van der Waals surface area contributed by atoms with Crippen LogP contribution in [0.4, 0.5) is 5.69 Å². The van der Waals surface area contributed by atoms with E-state index in [0.29, 0.717) is 11.6 Å². The van der Waals surface area contributed by atoms with Crippen LogP contribution in [0.2, 0.25) is 0 Å². The number of aromatic nitrogens is 1. The zero-order valence-corrected chi connectivity index (χ0v) is 16.3. The fraction of sp³-hybridized carbons (Fsp3) is 0.421. The molecule has 26 heavy (non-hydrogen) atoms. The Kier molecular flexibility index (Phi) is 6.74. The van der Waals surface area contributed by atoms with Crippen molar-refractivity contribution in [2.75, 3.05) is 5.32 Å². The molecule has 140 valence electrons. The van der Waals surface area contributed by atoms with Gasteiger partial charge in [0, 0.05) is 16.8 Å². The van der Waals surface area contributed by atoms with Crippen LogP contribution < -0.4 is 10.2 Å². The van der Waals surface area contributed by atoms with Gasteiger partial charge in [0.2, 0.25) is 0 Å². The first kappa shape index (κ1) is 19.9. The van der Waals surface area contributed by atoms with Crippen LogP contribution in [0, 0.1) is 6.92 Å². The summed E-state index contributed by atoms with van der Waals surface area (Å²) >= 11 is 1.03. The van der Waals surface area contributed by atoms with Gasteiger partial charge < -0.3 is 10.1 Å². The molecule has 0 saturated heterocycles. The van der Waals surface area contributed by atoms with Gasteiger partial charge in [-0.3, -0.25) is 19.0 Å². The number of rotatable bonds is 7. The van der Waals surface area contributed by atoms with E-state index in [4.69, 9.17) is 4.74 Å². The van der Waals surface area contributed by atoms with E-state index in [1.807, 2.05) is 24.3 Å². The van der Waals surface area contributed by atoms with E-state index in [9.17, 15) is 14.4 Å². The standard InChI is InChI=1S/C19H24N2O4S/c1-5-12(2)15-8-6-7-9-16(15)20-18(23)14(4)25-17(22)10-21-13(3)11-26-19(21)24/h6-9,11-12,14H,5,10H2,1-4H3,(H,20,23)/t12-,14-/m1/s1. The number of amides is 1. The molecule has 0 radical (unpaired) electrons. The third kappa shape index (κ3) is 4.82. The molecule has 0 saturated carbocycles. The topological polar surface area (TPSA) is 77.4 Å². The summed E-state index contributed by atoms with van der Waals surface area (Å²) in [6, 6.07) is 7.60. The van der Waals surface area contributed by atoms with E-state index in [-0.39, 0.29) is 11.4 Å². The van der Waals surface area contributed by atoms with E-state index < -0.39 is 18.0 Å². The molecule has 7 heteroatoms.